The summed E-state index contributed by atoms with van der Waals surface area (Å²) in [6.07, 6.45) is 4.78. The molecular weight excluding hydrogens is 150 g/mol. The maximum Gasteiger partial charge on any atom is 0.298 e. The number of hydrogen-bond acceptors (Lipinski definition) is 1. The quantitative estimate of drug-likeness (QED) is 0.497. The summed E-state index contributed by atoms with van der Waals surface area (Å²) in [5, 5.41) is 0. The molecule has 0 N–H and O–H groups in total. The van der Waals surface area contributed by atoms with E-state index in [0.29, 0.717) is 0 Å². The molecule has 0 aromatic carbocycles. The van der Waals surface area contributed by atoms with E-state index < -0.39 is 0 Å². The van der Waals surface area contributed by atoms with Crippen molar-refractivity contribution in [1.29, 1.82) is 0 Å². The Bertz CT molecular complexity index is 204. The molecular formula is C10H15NO. The molecule has 0 spiro atoms. The van der Waals surface area contributed by atoms with E-state index in [1.165, 1.54) is 12.8 Å². The van der Waals surface area contributed by atoms with E-state index >= 15 is 0 Å². The normalized spacial score (nSPS) is 17.6. The van der Waals surface area contributed by atoms with Gasteiger partial charge >= 0.3 is 0 Å². The van der Waals surface area contributed by atoms with Gasteiger partial charge in [-0.05, 0) is 25.7 Å². The lowest BCUT2D eigenvalue weighted by Gasteiger charge is -2.16. The Morgan fingerprint density at radius 1 is 1.17 bits per heavy atom. The van der Waals surface area contributed by atoms with Crippen molar-refractivity contribution in [3.8, 4) is 11.8 Å². The van der Waals surface area contributed by atoms with Gasteiger partial charge in [0, 0.05) is 13.1 Å². The van der Waals surface area contributed by atoms with Crippen LogP contribution in [-0.4, -0.2) is 23.9 Å². The average Bonchev–Trinajstić information content (AvgIpc) is 2.32. The Morgan fingerprint density at radius 3 is 2.25 bits per heavy atom. The van der Waals surface area contributed by atoms with Crippen LogP contribution in [0.3, 0.4) is 0 Å². The molecule has 1 rings (SSSR count). The fraction of sp³-hybridized carbons (Fsp3) is 0.700. The van der Waals surface area contributed by atoms with Gasteiger partial charge in [0.1, 0.15) is 0 Å². The van der Waals surface area contributed by atoms with Gasteiger partial charge in [0.25, 0.3) is 5.91 Å². The van der Waals surface area contributed by atoms with Crippen LogP contribution in [0.5, 0.6) is 0 Å². The molecule has 2 nitrogen and oxygen atoms in total. The lowest BCUT2D eigenvalue weighted by molar-refractivity contribution is -0.125. The lowest BCUT2D eigenvalue weighted by atomic mass is 10.2. The summed E-state index contributed by atoms with van der Waals surface area (Å²) >= 11 is 0. The third-order valence-corrected chi connectivity index (χ3v) is 2.13. The zero-order valence-corrected chi connectivity index (χ0v) is 7.60. The Balaban J connectivity index is 2.46. The fourth-order valence-electron chi connectivity index (χ4n) is 1.46. The van der Waals surface area contributed by atoms with Crippen molar-refractivity contribution in [2.75, 3.05) is 13.1 Å². The van der Waals surface area contributed by atoms with Gasteiger partial charge in [-0.2, -0.15) is 0 Å². The van der Waals surface area contributed by atoms with E-state index in [-0.39, 0.29) is 5.91 Å². The molecule has 1 amide bonds. The molecule has 0 atom stereocenters. The lowest BCUT2D eigenvalue weighted by Crippen LogP contribution is -2.30. The van der Waals surface area contributed by atoms with Gasteiger partial charge in [0.05, 0.1) is 0 Å². The summed E-state index contributed by atoms with van der Waals surface area (Å²) in [5.41, 5.74) is 0. The SMILES string of the molecule is CC#CC(=O)N1CCCCCC1. The predicted molar refractivity (Wildman–Crippen MR) is 48.5 cm³/mol. The maximum absolute atomic E-state index is 11.3. The summed E-state index contributed by atoms with van der Waals surface area (Å²) in [6, 6.07) is 0. The summed E-state index contributed by atoms with van der Waals surface area (Å²) < 4.78 is 0. The van der Waals surface area contributed by atoms with E-state index in [0.717, 1.165) is 25.9 Å². The van der Waals surface area contributed by atoms with E-state index in [2.05, 4.69) is 11.8 Å². The van der Waals surface area contributed by atoms with E-state index in [9.17, 15) is 4.79 Å². The Morgan fingerprint density at radius 2 is 1.75 bits per heavy atom. The van der Waals surface area contributed by atoms with Gasteiger partial charge in [0.2, 0.25) is 0 Å². The topological polar surface area (TPSA) is 20.3 Å². The molecule has 0 unspecified atom stereocenters. The Kier molecular flexibility index (Phi) is 3.66. The number of amides is 1. The van der Waals surface area contributed by atoms with Crippen molar-refractivity contribution in [3.63, 3.8) is 0 Å². The highest BCUT2D eigenvalue weighted by atomic mass is 16.2. The largest absolute Gasteiger partial charge is 0.332 e. The van der Waals surface area contributed by atoms with Crippen molar-refractivity contribution < 1.29 is 4.79 Å². The van der Waals surface area contributed by atoms with Crippen molar-refractivity contribution in [2.24, 2.45) is 0 Å². The van der Waals surface area contributed by atoms with Crippen molar-refractivity contribution >= 4 is 5.91 Å². The van der Waals surface area contributed by atoms with Crippen LogP contribution in [0.25, 0.3) is 0 Å². The highest BCUT2D eigenvalue weighted by molar-refractivity contribution is 5.93. The van der Waals surface area contributed by atoms with Gasteiger partial charge in [-0.25, -0.2) is 0 Å². The molecule has 1 fully saturated rings. The van der Waals surface area contributed by atoms with Crippen LogP contribution in [0.15, 0.2) is 0 Å². The second kappa shape index (κ2) is 4.82. The van der Waals surface area contributed by atoms with Crippen molar-refractivity contribution in [3.05, 3.63) is 0 Å². The molecule has 1 heterocycles. The highest BCUT2D eigenvalue weighted by Crippen LogP contribution is 2.09. The second-order valence-electron chi connectivity index (χ2n) is 3.08. The molecule has 0 aromatic rings. The minimum atomic E-state index is -0.000556. The number of carbonyl (C=O) groups excluding carboxylic acids is 1. The second-order valence-corrected chi connectivity index (χ2v) is 3.08. The Labute approximate surface area is 73.9 Å². The smallest absolute Gasteiger partial charge is 0.298 e. The summed E-state index contributed by atoms with van der Waals surface area (Å²) in [6.45, 7) is 3.50. The Hall–Kier alpha value is -0.970. The summed E-state index contributed by atoms with van der Waals surface area (Å²) in [4.78, 5) is 13.2. The maximum atomic E-state index is 11.3. The van der Waals surface area contributed by atoms with Gasteiger partial charge in [-0.3, -0.25) is 4.79 Å². The number of hydrogen-bond donors (Lipinski definition) is 0. The van der Waals surface area contributed by atoms with Crippen molar-refractivity contribution in [1.82, 2.24) is 4.90 Å². The minimum Gasteiger partial charge on any atom is -0.332 e. The molecule has 0 aliphatic carbocycles. The molecule has 1 saturated heterocycles. The first kappa shape index (κ1) is 9.12. The van der Waals surface area contributed by atoms with Crippen LogP contribution in [0.4, 0.5) is 0 Å². The molecule has 1 aliphatic heterocycles. The van der Waals surface area contributed by atoms with Gasteiger partial charge in [-0.1, -0.05) is 18.8 Å². The zero-order chi connectivity index (χ0) is 8.81. The first-order valence-corrected chi connectivity index (χ1v) is 4.56. The fourth-order valence-corrected chi connectivity index (χ4v) is 1.46. The highest BCUT2D eigenvalue weighted by Gasteiger charge is 2.12. The third-order valence-electron chi connectivity index (χ3n) is 2.13. The van der Waals surface area contributed by atoms with Crippen LogP contribution in [0.1, 0.15) is 32.6 Å². The number of likely N-dealkylation sites (tertiary alicyclic amines) is 1. The first-order chi connectivity index (χ1) is 5.84. The summed E-state index contributed by atoms with van der Waals surface area (Å²) in [5.74, 6) is 5.22. The molecule has 66 valence electrons. The van der Waals surface area contributed by atoms with E-state index in [1.807, 2.05) is 4.90 Å². The van der Waals surface area contributed by atoms with E-state index in [1.54, 1.807) is 6.92 Å². The van der Waals surface area contributed by atoms with Crippen LogP contribution < -0.4 is 0 Å². The van der Waals surface area contributed by atoms with Gasteiger partial charge < -0.3 is 4.90 Å². The van der Waals surface area contributed by atoms with Gasteiger partial charge in [-0.15, -0.1) is 0 Å². The molecule has 12 heavy (non-hydrogen) atoms. The number of carbonyl (C=O) groups is 1. The predicted octanol–water partition coefficient (Wildman–Crippen LogP) is 1.41. The average molecular weight is 165 g/mol. The van der Waals surface area contributed by atoms with Crippen molar-refractivity contribution in [2.45, 2.75) is 32.6 Å². The molecule has 0 bridgehead atoms. The minimum absolute atomic E-state index is 0.000556. The molecule has 0 radical (unpaired) electrons. The zero-order valence-electron chi connectivity index (χ0n) is 7.60. The molecule has 0 saturated carbocycles. The van der Waals surface area contributed by atoms with E-state index in [4.69, 9.17) is 0 Å². The monoisotopic (exact) mass is 165 g/mol. The summed E-state index contributed by atoms with van der Waals surface area (Å²) in [7, 11) is 0. The van der Waals surface area contributed by atoms with Crippen LogP contribution >= 0.6 is 0 Å². The third kappa shape index (κ3) is 2.58. The first-order valence-electron chi connectivity index (χ1n) is 4.56. The van der Waals surface area contributed by atoms with Crippen LogP contribution in [0.2, 0.25) is 0 Å². The standard InChI is InChI=1S/C10H15NO/c1-2-7-10(12)11-8-5-3-4-6-9-11/h3-6,8-9H2,1H3. The number of rotatable bonds is 0. The molecule has 1 aliphatic rings. The molecule has 2 heteroatoms. The van der Waals surface area contributed by atoms with Crippen LogP contribution in [-0.2, 0) is 4.79 Å². The van der Waals surface area contributed by atoms with Crippen LogP contribution in [0, 0.1) is 11.8 Å². The number of nitrogens with zero attached hydrogens (tertiary/aromatic N) is 1. The molecule has 0 aromatic heterocycles. The van der Waals surface area contributed by atoms with Gasteiger partial charge in [0.15, 0.2) is 0 Å².